The number of nitrogens with zero attached hydrogens (tertiary/aromatic N) is 1. The number of hydrogen-bond acceptors (Lipinski definition) is 5. The van der Waals surface area contributed by atoms with Gasteiger partial charge in [0.1, 0.15) is 29.7 Å². The van der Waals surface area contributed by atoms with Crippen LogP contribution in [-0.4, -0.2) is 18.2 Å². The predicted octanol–water partition coefficient (Wildman–Crippen LogP) is 3.96. The number of aromatic nitrogens is 1. The normalized spacial score (nSPS) is 10.4. The van der Waals surface area contributed by atoms with Crippen molar-refractivity contribution in [3.8, 4) is 11.5 Å². The summed E-state index contributed by atoms with van der Waals surface area (Å²) in [6.45, 7) is 1.76. The zero-order chi connectivity index (χ0) is 18.5. The van der Waals surface area contributed by atoms with Crippen LogP contribution in [0, 0.1) is 12.7 Å². The summed E-state index contributed by atoms with van der Waals surface area (Å²) in [7, 11) is 1.52. The molecule has 1 aromatic heterocycles. The number of anilines is 1. The third-order valence-electron chi connectivity index (χ3n) is 3.75. The largest absolute Gasteiger partial charge is 0.495 e. The van der Waals surface area contributed by atoms with Gasteiger partial charge in [-0.15, -0.1) is 0 Å². The molecular weight excluding hydrogens is 339 g/mol. The van der Waals surface area contributed by atoms with Crippen LogP contribution in [0.5, 0.6) is 11.5 Å². The molecule has 1 N–H and O–H groups in total. The number of nitrogens with one attached hydrogen (secondary N) is 1. The maximum Gasteiger partial charge on any atom is 0.278 e. The van der Waals surface area contributed by atoms with E-state index in [1.807, 2.05) is 0 Å². The van der Waals surface area contributed by atoms with Gasteiger partial charge in [-0.25, -0.2) is 4.39 Å². The second-order valence-electron chi connectivity index (χ2n) is 5.46. The zero-order valence-corrected chi connectivity index (χ0v) is 14.3. The summed E-state index contributed by atoms with van der Waals surface area (Å²) in [5, 5.41) is 6.57. The molecule has 0 atom stereocenters. The Bertz CT molecular complexity index is 906. The van der Waals surface area contributed by atoms with E-state index in [2.05, 4.69) is 10.5 Å². The van der Waals surface area contributed by atoms with Crippen LogP contribution in [0.3, 0.4) is 0 Å². The second-order valence-corrected chi connectivity index (χ2v) is 5.46. The second kappa shape index (κ2) is 7.69. The molecule has 0 unspecified atom stereocenters. The number of methoxy groups -OCH3 is 1. The van der Waals surface area contributed by atoms with Gasteiger partial charge < -0.3 is 19.3 Å². The van der Waals surface area contributed by atoms with Crippen molar-refractivity contribution < 1.29 is 23.2 Å². The van der Waals surface area contributed by atoms with Crippen molar-refractivity contribution in [3.63, 3.8) is 0 Å². The maximum atomic E-state index is 13.0. The van der Waals surface area contributed by atoms with Gasteiger partial charge in [-0.05, 0) is 43.3 Å². The first-order valence-electron chi connectivity index (χ1n) is 7.86. The highest BCUT2D eigenvalue weighted by Gasteiger charge is 2.21. The summed E-state index contributed by atoms with van der Waals surface area (Å²) in [4.78, 5) is 12.6. The summed E-state index contributed by atoms with van der Waals surface area (Å²) in [6.07, 6.45) is 0. The van der Waals surface area contributed by atoms with Crippen molar-refractivity contribution in [1.29, 1.82) is 0 Å². The number of carbonyl (C=O) groups is 1. The van der Waals surface area contributed by atoms with Crippen molar-refractivity contribution in [2.45, 2.75) is 13.5 Å². The Morgan fingerprint density at radius 3 is 2.65 bits per heavy atom. The zero-order valence-electron chi connectivity index (χ0n) is 14.3. The fraction of sp³-hybridized carbons (Fsp3) is 0.158. The van der Waals surface area contributed by atoms with Gasteiger partial charge in [0.05, 0.1) is 18.4 Å². The molecule has 7 heteroatoms. The molecular formula is C19H17FN2O4. The monoisotopic (exact) mass is 356 g/mol. The number of hydrogen-bond donors (Lipinski definition) is 1. The minimum absolute atomic E-state index is 0.0651. The van der Waals surface area contributed by atoms with Crippen LogP contribution in [-0.2, 0) is 6.61 Å². The lowest BCUT2D eigenvalue weighted by atomic mass is 10.2. The summed E-state index contributed by atoms with van der Waals surface area (Å²) in [6, 6.07) is 12.7. The van der Waals surface area contributed by atoms with Crippen LogP contribution in [0.1, 0.15) is 21.8 Å². The van der Waals surface area contributed by atoms with Crippen LogP contribution in [0.25, 0.3) is 0 Å². The molecule has 1 heterocycles. The molecule has 0 spiro atoms. The molecule has 0 aliphatic heterocycles. The summed E-state index contributed by atoms with van der Waals surface area (Å²) in [5.74, 6) is 0.685. The lowest BCUT2D eigenvalue weighted by molar-refractivity contribution is 0.101. The van der Waals surface area contributed by atoms with Gasteiger partial charge in [-0.2, -0.15) is 0 Å². The highest BCUT2D eigenvalue weighted by molar-refractivity contribution is 6.04. The maximum absolute atomic E-state index is 13.0. The molecule has 3 aromatic rings. The van der Waals surface area contributed by atoms with E-state index in [4.69, 9.17) is 14.0 Å². The number of amides is 1. The van der Waals surface area contributed by atoms with E-state index in [0.29, 0.717) is 28.5 Å². The molecule has 2 aromatic carbocycles. The van der Waals surface area contributed by atoms with E-state index in [0.717, 1.165) is 0 Å². The first kappa shape index (κ1) is 17.5. The molecule has 0 saturated heterocycles. The third kappa shape index (κ3) is 3.83. The van der Waals surface area contributed by atoms with Crippen LogP contribution in [0.4, 0.5) is 10.1 Å². The number of aryl methyl sites for hydroxylation is 1. The lowest BCUT2D eigenvalue weighted by Crippen LogP contribution is -2.16. The van der Waals surface area contributed by atoms with Gasteiger partial charge in [0.25, 0.3) is 5.91 Å². The lowest BCUT2D eigenvalue weighted by Gasteiger charge is -2.10. The standard InChI is InChI=1S/C19H17FN2O4/c1-12-15(11-25-14-9-7-13(20)8-10-14)18(22-26-12)19(23)21-16-5-3-4-6-17(16)24-2/h3-10H,11H2,1-2H3,(H,21,23). The predicted molar refractivity (Wildman–Crippen MR) is 92.9 cm³/mol. The number of halogens is 1. The number of ether oxygens (including phenoxy) is 2. The number of benzene rings is 2. The highest BCUT2D eigenvalue weighted by atomic mass is 19.1. The first-order chi connectivity index (χ1) is 12.6. The van der Waals surface area contributed by atoms with E-state index < -0.39 is 5.91 Å². The van der Waals surface area contributed by atoms with Gasteiger partial charge in [0, 0.05) is 0 Å². The Labute approximate surface area is 149 Å². The van der Waals surface area contributed by atoms with Crippen molar-refractivity contribution in [2.24, 2.45) is 0 Å². The molecule has 0 bridgehead atoms. The quantitative estimate of drug-likeness (QED) is 0.724. The SMILES string of the molecule is COc1ccccc1NC(=O)c1noc(C)c1COc1ccc(F)cc1. The summed E-state index contributed by atoms with van der Waals surface area (Å²) in [5.41, 5.74) is 1.16. The van der Waals surface area contributed by atoms with E-state index >= 15 is 0 Å². The number of carbonyl (C=O) groups excluding carboxylic acids is 1. The molecule has 6 nitrogen and oxygen atoms in total. The van der Waals surface area contributed by atoms with E-state index in [1.54, 1.807) is 31.2 Å². The molecule has 134 valence electrons. The first-order valence-corrected chi connectivity index (χ1v) is 7.86. The topological polar surface area (TPSA) is 73.6 Å². The van der Waals surface area contributed by atoms with Gasteiger partial charge in [-0.3, -0.25) is 4.79 Å². The minimum Gasteiger partial charge on any atom is -0.495 e. The minimum atomic E-state index is -0.441. The number of rotatable bonds is 6. The molecule has 0 radical (unpaired) electrons. The van der Waals surface area contributed by atoms with E-state index in [9.17, 15) is 9.18 Å². The van der Waals surface area contributed by atoms with E-state index in [1.165, 1.54) is 31.4 Å². The van der Waals surface area contributed by atoms with E-state index in [-0.39, 0.29) is 18.1 Å². The molecule has 3 rings (SSSR count). The fourth-order valence-corrected chi connectivity index (χ4v) is 2.36. The molecule has 26 heavy (non-hydrogen) atoms. The van der Waals surface area contributed by atoms with Gasteiger partial charge in [-0.1, -0.05) is 17.3 Å². The Balaban J connectivity index is 1.76. The molecule has 0 saturated carbocycles. The average molecular weight is 356 g/mol. The Morgan fingerprint density at radius 2 is 1.92 bits per heavy atom. The molecule has 0 aliphatic rings. The molecule has 0 aliphatic carbocycles. The van der Waals surface area contributed by atoms with Crippen molar-refractivity contribution in [3.05, 3.63) is 71.4 Å². The summed E-state index contributed by atoms with van der Waals surface area (Å²) >= 11 is 0. The van der Waals surface area contributed by atoms with Gasteiger partial charge in [0.15, 0.2) is 5.69 Å². The Kier molecular flexibility index (Phi) is 5.17. The molecule has 0 fully saturated rings. The van der Waals surface area contributed by atoms with Crippen molar-refractivity contribution in [1.82, 2.24) is 5.16 Å². The fourth-order valence-electron chi connectivity index (χ4n) is 2.36. The smallest absolute Gasteiger partial charge is 0.278 e. The van der Waals surface area contributed by atoms with Crippen LogP contribution >= 0.6 is 0 Å². The van der Waals surface area contributed by atoms with Crippen molar-refractivity contribution >= 4 is 11.6 Å². The Hall–Kier alpha value is -3.35. The van der Waals surface area contributed by atoms with Gasteiger partial charge >= 0.3 is 0 Å². The highest BCUT2D eigenvalue weighted by Crippen LogP contribution is 2.25. The molecule has 1 amide bonds. The third-order valence-corrected chi connectivity index (χ3v) is 3.75. The van der Waals surface area contributed by atoms with Crippen LogP contribution < -0.4 is 14.8 Å². The van der Waals surface area contributed by atoms with Crippen molar-refractivity contribution in [2.75, 3.05) is 12.4 Å². The average Bonchev–Trinajstić information content (AvgIpc) is 3.02. The van der Waals surface area contributed by atoms with Gasteiger partial charge in [0.2, 0.25) is 0 Å². The Morgan fingerprint density at radius 1 is 1.19 bits per heavy atom. The van der Waals surface area contributed by atoms with Crippen LogP contribution in [0.15, 0.2) is 53.1 Å². The summed E-state index contributed by atoms with van der Waals surface area (Å²) < 4.78 is 28.9. The number of para-hydroxylation sites is 2. The van der Waals surface area contributed by atoms with Crippen LogP contribution in [0.2, 0.25) is 0 Å².